The summed E-state index contributed by atoms with van der Waals surface area (Å²) in [5.41, 5.74) is -0.978. The highest BCUT2D eigenvalue weighted by molar-refractivity contribution is 6.30. The van der Waals surface area contributed by atoms with Gasteiger partial charge in [-0.05, 0) is 32.0 Å². The van der Waals surface area contributed by atoms with Crippen LogP contribution in [0, 0.1) is 5.82 Å². The first-order valence-electron chi connectivity index (χ1n) is 5.39. The topological polar surface area (TPSA) is 49.4 Å². The summed E-state index contributed by atoms with van der Waals surface area (Å²) in [4.78, 5) is 24.8. The number of benzene rings is 1. The van der Waals surface area contributed by atoms with E-state index in [0.29, 0.717) is 0 Å². The summed E-state index contributed by atoms with van der Waals surface area (Å²) in [6, 6.07) is 3.99. The molecule has 1 aliphatic rings. The molecule has 0 spiro atoms. The van der Waals surface area contributed by atoms with Gasteiger partial charge in [-0.2, -0.15) is 0 Å². The highest BCUT2D eigenvalue weighted by Crippen LogP contribution is 2.26. The molecule has 96 valence electrons. The monoisotopic (exact) mass is 270 g/mol. The maximum atomic E-state index is 13.8. The van der Waals surface area contributed by atoms with E-state index in [-0.39, 0.29) is 29.1 Å². The number of hydrogen-bond donors (Lipinski definition) is 1. The van der Waals surface area contributed by atoms with Crippen molar-refractivity contribution in [2.75, 3.05) is 11.4 Å². The minimum atomic E-state index is -1.04. The van der Waals surface area contributed by atoms with Crippen molar-refractivity contribution in [1.82, 2.24) is 5.32 Å². The highest BCUT2D eigenvalue weighted by atomic mass is 35.5. The predicted octanol–water partition coefficient (Wildman–Crippen LogP) is 1.72. The summed E-state index contributed by atoms with van der Waals surface area (Å²) in [7, 11) is 0. The molecule has 1 aliphatic heterocycles. The summed E-state index contributed by atoms with van der Waals surface area (Å²) < 4.78 is 13.8. The van der Waals surface area contributed by atoms with Crippen molar-refractivity contribution in [3.8, 4) is 0 Å². The Morgan fingerprint density at radius 3 is 2.67 bits per heavy atom. The third-order valence-electron chi connectivity index (χ3n) is 2.73. The number of nitrogens with one attached hydrogen (secondary N) is 1. The van der Waals surface area contributed by atoms with E-state index < -0.39 is 11.4 Å². The molecule has 1 saturated heterocycles. The molecule has 0 aromatic heterocycles. The van der Waals surface area contributed by atoms with Gasteiger partial charge in [0.2, 0.25) is 5.91 Å². The van der Waals surface area contributed by atoms with E-state index in [1.54, 1.807) is 13.8 Å². The average Bonchev–Trinajstić information content (AvgIpc) is 2.23. The van der Waals surface area contributed by atoms with Crippen LogP contribution < -0.4 is 10.2 Å². The molecular formula is C12H12ClFN2O2. The lowest BCUT2D eigenvalue weighted by atomic mass is 10.00. The fourth-order valence-corrected chi connectivity index (χ4v) is 2.05. The zero-order chi connectivity index (χ0) is 13.5. The van der Waals surface area contributed by atoms with Crippen LogP contribution in [0.5, 0.6) is 0 Å². The van der Waals surface area contributed by atoms with Gasteiger partial charge in [-0.1, -0.05) is 11.6 Å². The van der Waals surface area contributed by atoms with Crippen molar-refractivity contribution < 1.29 is 14.0 Å². The first-order valence-corrected chi connectivity index (χ1v) is 5.77. The van der Waals surface area contributed by atoms with Gasteiger partial charge in [0.25, 0.3) is 5.91 Å². The summed E-state index contributed by atoms with van der Waals surface area (Å²) in [5.74, 6) is -1.31. The summed E-state index contributed by atoms with van der Waals surface area (Å²) in [5, 5.41) is 2.80. The van der Waals surface area contributed by atoms with Gasteiger partial charge in [0.1, 0.15) is 17.9 Å². The molecule has 1 aromatic carbocycles. The number of carbonyl (C=O) groups is 2. The molecule has 2 amide bonds. The number of piperazine rings is 1. The Hall–Kier alpha value is -1.62. The lowest BCUT2D eigenvalue weighted by Crippen LogP contribution is -2.64. The van der Waals surface area contributed by atoms with Crippen LogP contribution in [0.1, 0.15) is 13.8 Å². The van der Waals surface area contributed by atoms with E-state index in [9.17, 15) is 14.0 Å². The Labute approximate surface area is 109 Å². The minimum absolute atomic E-state index is 0.0623. The third kappa shape index (κ3) is 2.18. The van der Waals surface area contributed by atoms with Gasteiger partial charge < -0.3 is 5.32 Å². The molecule has 6 heteroatoms. The Balaban J connectivity index is 2.43. The van der Waals surface area contributed by atoms with E-state index in [2.05, 4.69) is 5.32 Å². The first-order chi connectivity index (χ1) is 8.31. The van der Waals surface area contributed by atoms with E-state index in [0.717, 1.165) is 11.0 Å². The lowest BCUT2D eigenvalue weighted by molar-refractivity contribution is -0.134. The predicted molar refractivity (Wildman–Crippen MR) is 66.0 cm³/mol. The van der Waals surface area contributed by atoms with Crippen LogP contribution in [0.3, 0.4) is 0 Å². The van der Waals surface area contributed by atoms with E-state index >= 15 is 0 Å². The highest BCUT2D eigenvalue weighted by Gasteiger charge is 2.40. The fraction of sp³-hybridized carbons (Fsp3) is 0.333. The molecule has 1 N–H and O–H groups in total. The number of halogens is 2. The second kappa shape index (κ2) is 4.24. The van der Waals surface area contributed by atoms with Crippen LogP contribution in [-0.4, -0.2) is 23.9 Å². The standard InChI is InChI=1S/C12H12ClFN2O2/c1-12(2)11(18)16(6-10(17)15-12)9-4-3-7(13)5-8(9)14/h3-5H,6H2,1-2H3,(H,15,17). The zero-order valence-corrected chi connectivity index (χ0v) is 10.7. The molecular weight excluding hydrogens is 259 g/mol. The van der Waals surface area contributed by atoms with Crippen LogP contribution in [0.15, 0.2) is 18.2 Å². The Kier molecular flexibility index (Phi) is 3.02. The normalized spacial score (nSPS) is 18.8. The Morgan fingerprint density at radius 2 is 2.06 bits per heavy atom. The molecule has 0 bridgehead atoms. The van der Waals surface area contributed by atoms with E-state index in [1.807, 2.05) is 0 Å². The van der Waals surface area contributed by atoms with Crippen molar-refractivity contribution in [2.24, 2.45) is 0 Å². The largest absolute Gasteiger partial charge is 0.341 e. The molecule has 18 heavy (non-hydrogen) atoms. The molecule has 0 radical (unpaired) electrons. The maximum absolute atomic E-state index is 13.8. The molecule has 0 aliphatic carbocycles. The number of carbonyl (C=O) groups excluding carboxylic acids is 2. The number of hydrogen-bond acceptors (Lipinski definition) is 2. The summed E-state index contributed by atoms with van der Waals surface area (Å²) in [6.45, 7) is 2.96. The lowest BCUT2D eigenvalue weighted by Gasteiger charge is -2.37. The second-order valence-corrected chi connectivity index (χ2v) is 5.10. The van der Waals surface area contributed by atoms with Gasteiger partial charge in [-0.15, -0.1) is 0 Å². The van der Waals surface area contributed by atoms with Crippen LogP contribution in [0.25, 0.3) is 0 Å². The summed E-state index contributed by atoms with van der Waals surface area (Å²) in [6.07, 6.45) is 0. The molecule has 1 heterocycles. The smallest absolute Gasteiger partial charge is 0.252 e. The van der Waals surface area contributed by atoms with Crippen molar-refractivity contribution in [3.05, 3.63) is 29.0 Å². The molecule has 4 nitrogen and oxygen atoms in total. The molecule has 1 fully saturated rings. The molecule has 0 unspecified atom stereocenters. The third-order valence-corrected chi connectivity index (χ3v) is 2.97. The number of nitrogens with zero attached hydrogens (tertiary/aromatic N) is 1. The number of anilines is 1. The Bertz CT molecular complexity index is 531. The van der Waals surface area contributed by atoms with Gasteiger partial charge in [-0.25, -0.2) is 4.39 Å². The number of rotatable bonds is 1. The van der Waals surface area contributed by atoms with Crippen LogP contribution in [-0.2, 0) is 9.59 Å². The van der Waals surface area contributed by atoms with Gasteiger partial charge in [0, 0.05) is 5.02 Å². The summed E-state index contributed by atoms with van der Waals surface area (Å²) >= 11 is 5.65. The Morgan fingerprint density at radius 1 is 1.39 bits per heavy atom. The van der Waals surface area contributed by atoms with Gasteiger partial charge in [0.15, 0.2) is 0 Å². The maximum Gasteiger partial charge on any atom is 0.252 e. The van der Waals surface area contributed by atoms with Crippen LogP contribution in [0.4, 0.5) is 10.1 Å². The van der Waals surface area contributed by atoms with Gasteiger partial charge in [0.05, 0.1) is 5.69 Å². The van der Waals surface area contributed by atoms with Crippen molar-refractivity contribution >= 4 is 29.1 Å². The van der Waals surface area contributed by atoms with Crippen LogP contribution >= 0.6 is 11.6 Å². The average molecular weight is 271 g/mol. The second-order valence-electron chi connectivity index (χ2n) is 4.66. The SMILES string of the molecule is CC1(C)NC(=O)CN(c2ccc(Cl)cc2F)C1=O. The van der Waals surface area contributed by atoms with E-state index in [4.69, 9.17) is 11.6 Å². The molecule has 1 aromatic rings. The van der Waals surface area contributed by atoms with Gasteiger partial charge >= 0.3 is 0 Å². The van der Waals surface area contributed by atoms with Crippen molar-refractivity contribution in [2.45, 2.75) is 19.4 Å². The van der Waals surface area contributed by atoms with Crippen molar-refractivity contribution in [1.29, 1.82) is 0 Å². The molecule has 2 rings (SSSR count). The van der Waals surface area contributed by atoms with Gasteiger partial charge in [-0.3, -0.25) is 14.5 Å². The van der Waals surface area contributed by atoms with E-state index in [1.165, 1.54) is 12.1 Å². The molecule has 0 atom stereocenters. The quantitative estimate of drug-likeness (QED) is 0.845. The zero-order valence-electron chi connectivity index (χ0n) is 9.96. The first kappa shape index (κ1) is 12.8. The fourth-order valence-electron chi connectivity index (χ4n) is 1.89. The van der Waals surface area contributed by atoms with Crippen molar-refractivity contribution in [3.63, 3.8) is 0 Å². The molecule has 0 saturated carbocycles. The van der Waals surface area contributed by atoms with Crippen LogP contribution in [0.2, 0.25) is 5.02 Å². The minimum Gasteiger partial charge on any atom is -0.341 e. The number of amides is 2.